The predicted octanol–water partition coefficient (Wildman–Crippen LogP) is 6.40. The Balaban J connectivity index is 1.65. The number of pyridine rings is 1. The van der Waals surface area contributed by atoms with Crippen LogP contribution in [0.2, 0.25) is 0 Å². The van der Waals surface area contributed by atoms with Crippen molar-refractivity contribution in [3.05, 3.63) is 94.4 Å². The molecule has 2 aromatic carbocycles. The highest BCUT2D eigenvalue weighted by atomic mass is 32.2. The lowest BCUT2D eigenvalue weighted by molar-refractivity contribution is -0.137. The van der Waals surface area contributed by atoms with E-state index in [1.807, 2.05) is 0 Å². The van der Waals surface area contributed by atoms with Crippen LogP contribution in [0.4, 0.5) is 32.2 Å². The van der Waals surface area contributed by atoms with Gasteiger partial charge in [-0.15, -0.1) is 11.8 Å². The van der Waals surface area contributed by atoms with Crippen molar-refractivity contribution in [2.45, 2.75) is 49.5 Å². The molecule has 4 aromatic rings. The van der Waals surface area contributed by atoms with E-state index >= 15 is 4.39 Å². The van der Waals surface area contributed by atoms with Crippen LogP contribution in [0.25, 0.3) is 22.0 Å². The molecule has 6 rings (SSSR count). The lowest BCUT2D eigenvalue weighted by atomic mass is 9.95. The lowest BCUT2D eigenvalue weighted by Gasteiger charge is -2.44. The Morgan fingerprint density at radius 1 is 1.04 bits per heavy atom. The molecule has 0 bridgehead atoms. The van der Waals surface area contributed by atoms with Gasteiger partial charge >= 0.3 is 11.9 Å². The SMILES string of the molecule is C=CC(=O)N1[C@H](C)CN(c2nc(=O)n3c4c(c(-c5ccc(F)cc5F)c(C(F)(F)F)cc24)SC[C@@H](c2ccncc2F)C3)C[C@@H]1C. The second kappa shape index (κ2) is 11.8. The van der Waals surface area contributed by atoms with Crippen molar-refractivity contribution in [1.29, 1.82) is 0 Å². The average Bonchev–Trinajstić information content (AvgIpc) is 3.19. The van der Waals surface area contributed by atoms with Gasteiger partial charge in [-0.3, -0.25) is 14.3 Å². The topological polar surface area (TPSA) is 71.3 Å². The Hall–Kier alpha value is -4.33. The van der Waals surface area contributed by atoms with Gasteiger partial charge in [0.15, 0.2) is 0 Å². The third-order valence-electron chi connectivity index (χ3n) is 8.43. The minimum atomic E-state index is -5.00. The summed E-state index contributed by atoms with van der Waals surface area (Å²) in [6, 6.07) is 3.77. The lowest BCUT2D eigenvalue weighted by Crippen LogP contribution is -2.58. The number of carbonyl (C=O) groups is 1. The van der Waals surface area contributed by atoms with Crippen molar-refractivity contribution in [2.24, 2.45) is 0 Å². The van der Waals surface area contributed by atoms with E-state index in [2.05, 4.69) is 16.5 Å². The molecule has 2 aromatic heterocycles. The molecule has 4 heterocycles. The fraction of sp³-hybridized carbons (Fsp3) is 0.312. The molecule has 240 valence electrons. The smallest absolute Gasteiger partial charge is 0.352 e. The first-order valence-electron chi connectivity index (χ1n) is 14.4. The molecule has 1 saturated heterocycles. The van der Waals surface area contributed by atoms with Gasteiger partial charge in [-0.1, -0.05) is 6.58 Å². The van der Waals surface area contributed by atoms with E-state index in [4.69, 9.17) is 0 Å². The molecule has 0 radical (unpaired) electrons. The number of aromatic nitrogens is 3. The molecule has 46 heavy (non-hydrogen) atoms. The first kappa shape index (κ1) is 31.6. The van der Waals surface area contributed by atoms with Gasteiger partial charge in [-0.25, -0.2) is 18.0 Å². The molecule has 3 atom stereocenters. The number of hydrogen-bond acceptors (Lipinski definition) is 6. The third-order valence-corrected chi connectivity index (χ3v) is 9.68. The minimum Gasteiger partial charge on any atom is -0.352 e. The van der Waals surface area contributed by atoms with Crippen LogP contribution >= 0.6 is 11.8 Å². The van der Waals surface area contributed by atoms with Crippen LogP contribution in [-0.4, -0.2) is 56.3 Å². The summed E-state index contributed by atoms with van der Waals surface area (Å²) in [5, 5.41) is -0.0144. The highest BCUT2D eigenvalue weighted by Crippen LogP contribution is 2.50. The fourth-order valence-electron chi connectivity index (χ4n) is 6.53. The summed E-state index contributed by atoms with van der Waals surface area (Å²) in [5.41, 5.74) is -2.75. The van der Waals surface area contributed by atoms with Crippen LogP contribution in [0.5, 0.6) is 0 Å². The summed E-state index contributed by atoms with van der Waals surface area (Å²) < 4.78 is 90.2. The van der Waals surface area contributed by atoms with E-state index in [-0.39, 0.29) is 58.5 Å². The van der Waals surface area contributed by atoms with Gasteiger partial charge in [0.05, 0.1) is 17.3 Å². The molecule has 2 aliphatic heterocycles. The summed E-state index contributed by atoms with van der Waals surface area (Å²) in [6.45, 7) is 7.26. The highest BCUT2D eigenvalue weighted by molar-refractivity contribution is 7.99. The van der Waals surface area contributed by atoms with E-state index in [9.17, 15) is 31.5 Å². The van der Waals surface area contributed by atoms with Gasteiger partial charge in [-0.05, 0) is 49.8 Å². The summed E-state index contributed by atoms with van der Waals surface area (Å²) in [4.78, 5) is 37.6. The zero-order valence-corrected chi connectivity index (χ0v) is 25.4. The van der Waals surface area contributed by atoms with Crippen molar-refractivity contribution < 1.29 is 31.1 Å². The van der Waals surface area contributed by atoms with Crippen molar-refractivity contribution in [3.8, 4) is 11.1 Å². The maximum absolute atomic E-state index is 15.3. The van der Waals surface area contributed by atoms with E-state index in [1.54, 1.807) is 23.6 Å². The van der Waals surface area contributed by atoms with Gasteiger partial charge in [0.2, 0.25) is 5.91 Å². The van der Waals surface area contributed by atoms with Crippen molar-refractivity contribution in [3.63, 3.8) is 0 Å². The monoisotopic (exact) mass is 659 g/mol. The van der Waals surface area contributed by atoms with Crippen molar-refractivity contribution in [2.75, 3.05) is 23.7 Å². The first-order chi connectivity index (χ1) is 21.8. The van der Waals surface area contributed by atoms with Crippen molar-refractivity contribution in [1.82, 2.24) is 19.4 Å². The van der Waals surface area contributed by atoms with Crippen LogP contribution in [-0.2, 0) is 17.5 Å². The van der Waals surface area contributed by atoms with Gasteiger partial charge in [0.25, 0.3) is 0 Å². The zero-order chi connectivity index (χ0) is 33.1. The summed E-state index contributed by atoms with van der Waals surface area (Å²) in [5.74, 6) is -3.82. The number of piperazine rings is 1. The van der Waals surface area contributed by atoms with Crippen LogP contribution in [0, 0.1) is 17.5 Å². The molecule has 1 amide bonds. The zero-order valence-electron chi connectivity index (χ0n) is 24.6. The Morgan fingerprint density at radius 3 is 2.39 bits per heavy atom. The fourth-order valence-corrected chi connectivity index (χ4v) is 7.90. The molecule has 0 N–H and O–H groups in total. The quantitative estimate of drug-likeness (QED) is 0.187. The first-order valence-corrected chi connectivity index (χ1v) is 15.3. The van der Waals surface area contributed by atoms with Gasteiger partial charge < -0.3 is 9.80 Å². The van der Waals surface area contributed by atoms with E-state index in [1.165, 1.54) is 22.9 Å². The number of amides is 1. The van der Waals surface area contributed by atoms with Crippen LogP contribution < -0.4 is 10.6 Å². The number of halogens is 6. The Bertz CT molecular complexity index is 1940. The molecule has 0 unspecified atom stereocenters. The normalized spacial score (nSPS) is 20.1. The Labute approximate surface area is 263 Å². The summed E-state index contributed by atoms with van der Waals surface area (Å²) in [6.07, 6.45) is -1.43. The predicted molar refractivity (Wildman–Crippen MR) is 162 cm³/mol. The Kier molecular flexibility index (Phi) is 8.11. The molecule has 0 spiro atoms. The Morgan fingerprint density at radius 2 is 1.76 bits per heavy atom. The van der Waals surface area contributed by atoms with E-state index in [0.29, 0.717) is 6.07 Å². The number of benzene rings is 2. The third kappa shape index (κ3) is 5.41. The average molecular weight is 660 g/mol. The number of nitrogens with zero attached hydrogens (tertiary/aromatic N) is 5. The van der Waals surface area contributed by atoms with Crippen LogP contribution in [0.3, 0.4) is 0 Å². The second-order valence-electron chi connectivity index (χ2n) is 11.4. The summed E-state index contributed by atoms with van der Waals surface area (Å²) >= 11 is 0.933. The maximum Gasteiger partial charge on any atom is 0.417 e. The van der Waals surface area contributed by atoms with Gasteiger partial charge in [0, 0.05) is 77.1 Å². The number of anilines is 1. The van der Waals surface area contributed by atoms with Crippen LogP contribution in [0.1, 0.15) is 30.9 Å². The molecule has 1 fully saturated rings. The highest BCUT2D eigenvalue weighted by Gasteiger charge is 2.40. The van der Waals surface area contributed by atoms with E-state index < -0.39 is 64.0 Å². The van der Waals surface area contributed by atoms with Gasteiger partial charge in [-0.2, -0.15) is 18.2 Å². The molecular weight excluding hydrogens is 632 g/mol. The molecule has 0 saturated carbocycles. The maximum atomic E-state index is 15.3. The molecule has 2 aliphatic rings. The molecule has 7 nitrogen and oxygen atoms in total. The number of rotatable bonds is 4. The van der Waals surface area contributed by atoms with Crippen LogP contribution in [0.15, 0.2) is 65.1 Å². The largest absolute Gasteiger partial charge is 0.417 e. The second-order valence-corrected chi connectivity index (χ2v) is 12.5. The van der Waals surface area contributed by atoms with Gasteiger partial charge in [0.1, 0.15) is 23.3 Å². The van der Waals surface area contributed by atoms with Crippen molar-refractivity contribution >= 4 is 34.4 Å². The molecule has 0 aliphatic carbocycles. The standard InChI is InChI=1S/C32H27F6N5O2S/c1-4-26(44)43-16(2)12-41(13-17(43)3)30-22-10-23(32(36,37)38)27(21-6-5-19(33)9-24(21)34)29-28(22)42(31(45)40-30)14-18(15-46-29)20-7-8-39-11-25(20)35/h4-11,16-18H,1,12-15H2,2-3H3/t16-,17+,18-/m0/s1. The number of carbonyl (C=O) groups excluding carboxylic acids is 1. The number of alkyl halides is 3. The summed E-state index contributed by atoms with van der Waals surface area (Å²) in [7, 11) is 0. The molecule has 14 heteroatoms. The number of hydrogen-bond donors (Lipinski definition) is 0. The molecular formula is C32H27F6N5O2S. The van der Waals surface area contributed by atoms with E-state index in [0.717, 1.165) is 36.2 Å². The minimum absolute atomic E-state index is 0.0144. The number of thioether (sulfide) groups is 1.